The van der Waals surface area contributed by atoms with Gasteiger partial charge in [0.2, 0.25) is 10.0 Å². The van der Waals surface area contributed by atoms with E-state index in [1.165, 1.54) is 16.4 Å². The van der Waals surface area contributed by atoms with Gasteiger partial charge >= 0.3 is 0 Å². The maximum Gasteiger partial charge on any atom is 0.294 e. The second-order valence-electron chi connectivity index (χ2n) is 6.83. The molecule has 9 nitrogen and oxygen atoms in total. The fraction of sp³-hybridized carbons (Fsp3) is 0.471. The highest BCUT2D eigenvalue weighted by Gasteiger charge is 2.28. The summed E-state index contributed by atoms with van der Waals surface area (Å²) in [4.78, 5) is 10.9. The van der Waals surface area contributed by atoms with E-state index in [1.54, 1.807) is 17.1 Å². The first-order valence-corrected chi connectivity index (χ1v) is 10.3. The summed E-state index contributed by atoms with van der Waals surface area (Å²) >= 11 is 0. The molecule has 1 aromatic heterocycles. The van der Waals surface area contributed by atoms with Crippen molar-refractivity contribution in [3.05, 3.63) is 40.7 Å². The molecule has 146 valence electrons. The van der Waals surface area contributed by atoms with Gasteiger partial charge in [0.05, 0.1) is 21.7 Å². The molecule has 1 fully saturated rings. The Morgan fingerprint density at radius 3 is 2.52 bits per heavy atom. The molecule has 1 N–H and O–H groups in total. The van der Waals surface area contributed by atoms with E-state index in [0.29, 0.717) is 18.8 Å². The molecule has 0 aliphatic carbocycles. The zero-order chi connectivity index (χ0) is 19.6. The fourth-order valence-electron chi connectivity index (χ4n) is 3.02. The number of nitro benzene ring substituents is 1. The Hall–Kier alpha value is -2.46. The summed E-state index contributed by atoms with van der Waals surface area (Å²) in [5.74, 6) is 0. The largest absolute Gasteiger partial charge is 0.347 e. The second kappa shape index (κ2) is 7.65. The molecule has 0 bridgehead atoms. The molecule has 0 spiro atoms. The summed E-state index contributed by atoms with van der Waals surface area (Å²) in [7, 11) is -3.73. The number of hydrogen-bond donors (Lipinski definition) is 1. The van der Waals surface area contributed by atoms with Gasteiger partial charge in [-0.3, -0.25) is 14.8 Å². The lowest BCUT2D eigenvalue weighted by Crippen LogP contribution is -2.35. The van der Waals surface area contributed by atoms with Gasteiger partial charge in [0, 0.05) is 31.4 Å². The van der Waals surface area contributed by atoms with Gasteiger partial charge in [-0.1, -0.05) is 6.42 Å². The van der Waals surface area contributed by atoms with E-state index in [-0.39, 0.29) is 22.3 Å². The number of nitro groups is 1. The van der Waals surface area contributed by atoms with E-state index in [2.05, 4.69) is 10.4 Å². The minimum absolute atomic E-state index is 0.0560. The van der Waals surface area contributed by atoms with E-state index >= 15 is 0 Å². The highest BCUT2D eigenvalue weighted by Crippen LogP contribution is 2.32. The van der Waals surface area contributed by atoms with Crippen molar-refractivity contribution >= 4 is 27.1 Å². The minimum atomic E-state index is -3.73. The van der Waals surface area contributed by atoms with Crippen LogP contribution in [0.15, 0.2) is 35.5 Å². The Balaban J connectivity index is 1.91. The van der Waals surface area contributed by atoms with Crippen molar-refractivity contribution in [2.24, 2.45) is 0 Å². The predicted octanol–water partition coefficient (Wildman–Crippen LogP) is 3.29. The van der Waals surface area contributed by atoms with Gasteiger partial charge in [-0.25, -0.2) is 8.42 Å². The Morgan fingerprint density at radius 1 is 1.22 bits per heavy atom. The lowest BCUT2D eigenvalue weighted by atomic mass is 10.2. The second-order valence-corrected chi connectivity index (χ2v) is 8.77. The van der Waals surface area contributed by atoms with Gasteiger partial charge in [0.15, 0.2) is 0 Å². The van der Waals surface area contributed by atoms with E-state index in [9.17, 15) is 18.5 Å². The molecular weight excluding hydrogens is 370 g/mol. The molecule has 1 aliphatic rings. The SMILES string of the molecule is CC(C)n1cc(Nc2ccc(S(=O)(=O)N3CCCCC3)cc2[N+](=O)[O-])cn1. The Morgan fingerprint density at radius 2 is 1.93 bits per heavy atom. The smallest absolute Gasteiger partial charge is 0.294 e. The quantitative estimate of drug-likeness (QED) is 0.595. The number of hydrogen-bond acceptors (Lipinski definition) is 6. The highest BCUT2D eigenvalue weighted by atomic mass is 32.2. The zero-order valence-electron chi connectivity index (χ0n) is 15.3. The first-order valence-electron chi connectivity index (χ1n) is 8.89. The van der Waals surface area contributed by atoms with Gasteiger partial charge in [0.25, 0.3) is 5.69 Å². The van der Waals surface area contributed by atoms with E-state index < -0.39 is 14.9 Å². The topological polar surface area (TPSA) is 110 Å². The fourth-order valence-corrected chi connectivity index (χ4v) is 4.56. The minimum Gasteiger partial charge on any atom is -0.347 e. The number of nitrogens with zero attached hydrogens (tertiary/aromatic N) is 4. The highest BCUT2D eigenvalue weighted by molar-refractivity contribution is 7.89. The molecule has 0 radical (unpaired) electrons. The zero-order valence-corrected chi connectivity index (χ0v) is 16.1. The van der Waals surface area contributed by atoms with Gasteiger partial charge in [0.1, 0.15) is 5.69 Å². The molecule has 1 aromatic carbocycles. The molecule has 3 rings (SSSR count). The number of aromatic nitrogens is 2. The number of benzene rings is 1. The third-order valence-corrected chi connectivity index (χ3v) is 6.42. The maximum absolute atomic E-state index is 12.8. The van der Waals surface area contributed by atoms with Crippen LogP contribution < -0.4 is 5.32 Å². The molecule has 10 heteroatoms. The average molecular weight is 393 g/mol. The Kier molecular flexibility index (Phi) is 5.47. The molecule has 0 saturated carbocycles. The van der Waals surface area contributed by atoms with Crippen LogP contribution in [0.2, 0.25) is 0 Å². The lowest BCUT2D eigenvalue weighted by Gasteiger charge is -2.25. The average Bonchev–Trinajstić information content (AvgIpc) is 3.11. The molecule has 0 atom stereocenters. The van der Waals surface area contributed by atoms with Crippen LogP contribution in [0.25, 0.3) is 0 Å². The summed E-state index contributed by atoms with van der Waals surface area (Å²) in [5.41, 5.74) is 0.532. The van der Waals surface area contributed by atoms with Crippen LogP contribution in [-0.4, -0.2) is 40.5 Å². The summed E-state index contributed by atoms with van der Waals surface area (Å²) < 4.78 is 28.7. The van der Waals surface area contributed by atoms with Crippen molar-refractivity contribution < 1.29 is 13.3 Å². The van der Waals surface area contributed by atoms with Crippen LogP contribution in [0.3, 0.4) is 0 Å². The number of piperidine rings is 1. The van der Waals surface area contributed by atoms with E-state index in [1.807, 2.05) is 13.8 Å². The third-order valence-electron chi connectivity index (χ3n) is 4.53. The van der Waals surface area contributed by atoms with Crippen molar-refractivity contribution in [3.63, 3.8) is 0 Å². The Labute approximate surface area is 158 Å². The standard InChI is InChI=1S/C17H23N5O4S/c1-13(2)21-12-14(11-18-21)19-16-7-6-15(10-17(16)22(23)24)27(25,26)20-8-4-3-5-9-20/h6-7,10-13,19H,3-5,8-9H2,1-2H3. The molecule has 27 heavy (non-hydrogen) atoms. The summed E-state index contributed by atoms with van der Waals surface area (Å²) in [6.45, 7) is 4.84. The van der Waals surface area contributed by atoms with Gasteiger partial charge in [-0.15, -0.1) is 0 Å². The number of nitrogens with one attached hydrogen (secondary N) is 1. The summed E-state index contributed by atoms with van der Waals surface area (Å²) in [6.07, 6.45) is 5.93. The third kappa shape index (κ3) is 4.11. The Bertz CT molecular complexity index is 933. The molecule has 1 aliphatic heterocycles. The normalized spacial score (nSPS) is 15.8. The molecule has 2 heterocycles. The van der Waals surface area contributed by atoms with Crippen LogP contribution >= 0.6 is 0 Å². The molecule has 0 amide bonds. The van der Waals surface area contributed by atoms with E-state index in [0.717, 1.165) is 25.3 Å². The molecule has 1 saturated heterocycles. The van der Waals surface area contributed by atoms with Crippen LogP contribution in [0.4, 0.5) is 17.1 Å². The monoisotopic (exact) mass is 393 g/mol. The molecule has 0 unspecified atom stereocenters. The van der Waals surface area contributed by atoms with Crippen LogP contribution in [0, 0.1) is 10.1 Å². The summed E-state index contributed by atoms with van der Waals surface area (Å²) in [6, 6.07) is 4.13. The maximum atomic E-state index is 12.8. The lowest BCUT2D eigenvalue weighted by molar-refractivity contribution is -0.384. The van der Waals surface area contributed by atoms with Gasteiger partial charge in [-0.2, -0.15) is 9.40 Å². The predicted molar refractivity (Wildman–Crippen MR) is 102 cm³/mol. The van der Waals surface area contributed by atoms with Crippen LogP contribution in [0.1, 0.15) is 39.2 Å². The van der Waals surface area contributed by atoms with Gasteiger partial charge in [-0.05, 0) is 38.8 Å². The van der Waals surface area contributed by atoms with Crippen LogP contribution in [-0.2, 0) is 10.0 Å². The number of sulfonamides is 1. The first-order chi connectivity index (χ1) is 12.8. The molecular formula is C17H23N5O4S. The summed E-state index contributed by atoms with van der Waals surface area (Å²) in [5, 5.41) is 18.7. The van der Waals surface area contributed by atoms with Crippen molar-refractivity contribution in [2.45, 2.75) is 44.0 Å². The first kappa shape index (κ1) is 19.3. The van der Waals surface area contributed by atoms with Crippen molar-refractivity contribution in [1.82, 2.24) is 14.1 Å². The van der Waals surface area contributed by atoms with E-state index in [4.69, 9.17) is 0 Å². The van der Waals surface area contributed by atoms with Crippen LogP contribution in [0.5, 0.6) is 0 Å². The van der Waals surface area contributed by atoms with Crippen molar-refractivity contribution in [2.75, 3.05) is 18.4 Å². The number of rotatable bonds is 6. The number of anilines is 2. The van der Waals surface area contributed by atoms with Crippen molar-refractivity contribution in [3.8, 4) is 0 Å². The van der Waals surface area contributed by atoms with Crippen molar-refractivity contribution in [1.29, 1.82) is 0 Å². The molecule has 2 aromatic rings. The van der Waals surface area contributed by atoms with Gasteiger partial charge < -0.3 is 5.32 Å².